The van der Waals surface area contributed by atoms with Crippen LogP contribution in [0.2, 0.25) is 5.02 Å². The smallest absolute Gasteiger partial charge is 0.360 e. The van der Waals surface area contributed by atoms with Crippen molar-refractivity contribution in [2.24, 2.45) is 0 Å². The van der Waals surface area contributed by atoms with Crippen LogP contribution in [-0.4, -0.2) is 29.7 Å². The molecule has 2 rings (SSSR count). The van der Waals surface area contributed by atoms with Crippen molar-refractivity contribution < 1.29 is 14.3 Å². The van der Waals surface area contributed by atoms with Gasteiger partial charge in [0.1, 0.15) is 17.4 Å². The number of aromatic nitrogens is 2. The third-order valence-corrected chi connectivity index (χ3v) is 3.17. The van der Waals surface area contributed by atoms with Crippen LogP contribution in [0.25, 0.3) is 5.69 Å². The van der Waals surface area contributed by atoms with Crippen LogP contribution in [0, 0.1) is 6.92 Å². The zero-order valence-corrected chi connectivity index (χ0v) is 12.1. The first-order chi connectivity index (χ1) is 9.49. The maximum absolute atomic E-state index is 11.6. The molecule has 1 aromatic carbocycles. The van der Waals surface area contributed by atoms with E-state index in [1.807, 2.05) is 0 Å². The largest absolute Gasteiger partial charge is 0.497 e. The summed E-state index contributed by atoms with van der Waals surface area (Å²) in [5.41, 5.74) is 6.62. The number of esters is 1. The predicted octanol–water partition coefficient (Wildman–Crippen LogP) is 2.21. The Morgan fingerprint density at radius 3 is 2.70 bits per heavy atom. The average Bonchev–Trinajstić information content (AvgIpc) is 2.74. The fourth-order valence-corrected chi connectivity index (χ4v) is 2.09. The molecule has 0 spiro atoms. The molecule has 0 atom stereocenters. The first kappa shape index (κ1) is 14.2. The van der Waals surface area contributed by atoms with Gasteiger partial charge in [-0.25, -0.2) is 9.78 Å². The number of nitrogens with zero attached hydrogens (tertiary/aromatic N) is 2. The van der Waals surface area contributed by atoms with Gasteiger partial charge in [0.2, 0.25) is 0 Å². The summed E-state index contributed by atoms with van der Waals surface area (Å²) >= 11 is 6.18. The van der Waals surface area contributed by atoms with E-state index in [0.29, 0.717) is 22.3 Å². The molecule has 0 saturated heterocycles. The standard InChI is InChI=1S/C13H14ClN3O3/c1-7-16-11(13(18)20-3)12(15)17(7)10-6-8(19-2)4-5-9(10)14/h4-6H,15H2,1-3H3. The number of rotatable bonds is 3. The highest BCUT2D eigenvalue weighted by atomic mass is 35.5. The second kappa shape index (κ2) is 5.42. The first-order valence-electron chi connectivity index (χ1n) is 5.76. The van der Waals surface area contributed by atoms with E-state index in [9.17, 15) is 4.79 Å². The summed E-state index contributed by atoms with van der Waals surface area (Å²) in [5, 5.41) is 0.467. The molecule has 0 aliphatic heterocycles. The monoisotopic (exact) mass is 295 g/mol. The van der Waals surface area contributed by atoms with Gasteiger partial charge in [-0.2, -0.15) is 0 Å². The highest BCUT2D eigenvalue weighted by molar-refractivity contribution is 6.32. The normalized spacial score (nSPS) is 10.4. The molecule has 0 fully saturated rings. The lowest BCUT2D eigenvalue weighted by Crippen LogP contribution is -2.08. The number of benzene rings is 1. The number of ether oxygens (including phenoxy) is 2. The first-order valence-corrected chi connectivity index (χ1v) is 6.14. The lowest BCUT2D eigenvalue weighted by atomic mass is 10.3. The van der Waals surface area contributed by atoms with E-state index in [1.165, 1.54) is 7.11 Å². The number of nitrogens with two attached hydrogens (primary N) is 1. The Labute approximate surface area is 121 Å². The minimum atomic E-state index is -0.594. The Kier molecular flexibility index (Phi) is 3.85. The van der Waals surface area contributed by atoms with Crippen molar-refractivity contribution in [3.8, 4) is 11.4 Å². The molecule has 1 aromatic heterocycles. The van der Waals surface area contributed by atoms with Gasteiger partial charge in [0.25, 0.3) is 0 Å². The van der Waals surface area contributed by atoms with Crippen LogP contribution in [0.15, 0.2) is 18.2 Å². The van der Waals surface area contributed by atoms with Gasteiger partial charge < -0.3 is 15.2 Å². The van der Waals surface area contributed by atoms with Gasteiger partial charge in [0, 0.05) is 6.07 Å². The van der Waals surface area contributed by atoms with Crippen molar-refractivity contribution in [1.82, 2.24) is 9.55 Å². The van der Waals surface area contributed by atoms with Crippen LogP contribution >= 0.6 is 11.6 Å². The molecule has 106 valence electrons. The molecular formula is C13H14ClN3O3. The van der Waals surface area contributed by atoms with Gasteiger partial charge in [-0.3, -0.25) is 4.57 Å². The number of imidazole rings is 1. The van der Waals surface area contributed by atoms with Crippen molar-refractivity contribution in [3.05, 3.63) is 34.7 Å². The van der Waals surface area contributed by atoms with E-state index < -0.39 is 5.97 Å². The second-order valence-electron chi connectivity index (χ2n) is 4.04. The molecule has 2 aromatic rings. The molecule has 0 bridgehead atoms. The average molecular weight is 296 g/mol. The summed E-state index contributed by atoms with van der Waals surface area (Å²) in [6.07, 6.45) is 0. The molecule has 0 aliphatic carbocycles. The summed E-state index contributed by atoms with van der Waals surface area (Å²) < 4.78 is 11.4. The third kappa shape index (κ3) is 2.30. The summed E-state index contributed by atoms with van der Waals surface area (Å²) in [5.74, 6) is 0.724. The predicted molar refractivity (Wildman–Crippen MR) is 75.6 cm³/mol. The van der Waals surface area contributed by atoms with Crippen molar-refractivity contribution >= 4 is 23.4 Å². The van der Waals surface area contributed by atoms with Gasteiger partial charge in [0.05, 0.1) is 24.9 Å². The van der Waals surface area contributed by atoms with Crippen molar-refractivity contribution in [2.45, 2.75) is 6.92 Å². The molecule has 1 heterocycles. The highest BCUT2D eigenvalue weighted by Crippen LogP contribution is 2.30. The molecule has 0 saturated carbocycles. The number of methoxy groups -OCH3 is 2. The quantitative estimate of drug-likeness (QED) is 0.878. The van der Waals surface area contributed by atoms with E-state index in [0.717, 1.165) is 0 Å². The Balaban J connectivity index is 2.64. The maximum Gasteiger partial charge on any atom is 0.360 e. The van der Waals surface area contributed by atoms with E-state index in [2.05, 4.69) is 9.72 Å². The molecule has 2 N–H and O–H groups in total. The van der Waals surface area contributed by atoms with Crippen LogP contribution in [0.5, 0.6) is 5.75 Å². The fraction of sp³-hybridized carbons (Fsp3) is 0.231. The molecular weight excluding hydrogens is 282 g/mol. The lowest BCUT2D eigenvalue weighted by Gasteiger charge is -2.11. The number of hydrogen-bond acceptors (Lipinski definition) is 5. The number of carbonyl (C=O) groups is 1. The molecule has 20 heavy (non-hydrogen) atoms. The van der Waals surface area contributed by atoms with Crippen LogP contribution in [0.4, 0.5) is 5.82 Å². The Hall–Kier alpha value is -2.21. The Morgan fingerprint density at radius 1 is 1.40 bits per heavy atom. The second-order valence-corrected chi connectivity index (χ2v) is 4.44. The Bertz CT molecular complexity index is 667. The SMILES string of the molecule is COC(=O)c1nc(C)n(-c2cc(OC)ccc2Cl)c1N. The lowest BCUT2D eigenvalue weighted by molar-refractivity contribution is 0.0596. The van der Waals surface area contributed by atoms with Gasteiger partial charge >= 0.3 is 5.97 Å². The van der Waals surface area contributed by atoms with Crippen molar-refractivity contribution in [1.29, 1.82) is 0 Å². The molecule has 0 unspecified atom stereocenters. The zero-order valence-electron chi connectivity index (χ0n) is 11.3. The maximum atomic E-state index is 11.6. The van der Waals surface area contributed by atoms with Gasteiger partial charge in [0.15, 0.2) is 5.69 Å². The molecule has 7 heteroatoms. The molecule has 0 amide bonds. The van der Waals surface area contributed by atoms with E-state index in [4.69, 9.17) is 22.1 Å². The summed E-state index contributed by atoms with van der Waals surface area (Å²) in [6, 6.07) is 5.14. The molecule has 0 radical (unpaired) electrons. The van der Waals surface area contributed by atoms with Crippen LogP contribution in [-0.2, 0) is 4.74 Å². The van der Waals surface area contributed by atoms with Gasteiger partial charge in [-0.05, 0) is 19.1 Å². The van der Waals surface area contributed by atoms with E-state index >= 15 is 0 Å². The summed E-state index contributed by atoms with van der Waals surface area (Å²) in [6.45, 7) is 1.72. The van der Waals surface area contributed by atoms with E-state index in [1.54, 1.807) is 36.8 Å². The van der Waals surface area contributed by atoms with Crippen molar-refractivity contribution in [2.75, 3.05) is 20.0 Å². The minimum absolute atomic E-state index is 0.0592. The minimum Gasteiger partial charge on any atom is -0.497 e. The summed E-state index contributed by atoms with van der Waals surface area (Å²) in [7, 11) is 2.83. The number of anilines is 1. The highest BCUT2D eigenvalue weighted by Gasteiger charge is 2.21. The topological polar surface area (TPSA) is 79.4 Å². The number of aryl methyl sites for hydroxylation is 1. The zero-order chi connectivity index (χ0) is 14.9. The Morgan fingerprint density at radius 2 is 2.10 bits per heavy atom. The molecule has 0 aliphatic rings. The number of hydrogen-bond donors (Lipinski definition) is 1. The third-order valence-electron chi connectivity index (χ3n) is 2.85. The van der Waals surface area contributed by atoms with Gasteiger partial charge in [-0.1, -0.05) is 11.6 Å². The molecule has 6 nitrogen and oxygen atoms in total. The van der Waals surface area contributed by atoms with Crippen LogP contribution < -0.4 is 10.5 Å². The number of halogens is 1. The van der Waals surface area contributed by atoms with Gasteiger partial charge in [-0.15, -0.1) is 0 Å². The number of carbonyl (C=O) groups excluding carboxylic acids is 1. The summed E-state index contributed by atoms with van der Waals surface area (Å²) in [4.78, 5) is 15.7. The van der Waals surface area contributed by atoms with Crippen LogP contribution in [0.3, 0.4) is 0 Å². The fourth-order valence-electron chi connectivity index (χ4n) is 1.89. The van der Waals surface area contributed by atoms with E-state index in [-0.39, 0.29) is 11.5 Å². The number of nitrogen functional groups attached to an aromatic ring is 1. The van der Waals surface area contributed by atoms with Crippen LogP contribution in [0.1, 0.15) is 16.3 Å². The van der Waals surface area contributed by atoms with Crippen molar-refractivity contribution in [3.63, 3.8) is 0 Å².